The van der Waals surface area contributed by atoms with Gasteiger partial charge >= 0.3 is 0 Å². The zero-order valence-electron chi connectivity index (χ0n) is 8.29. The van der Waals surface area contributed by atoms with Crippen LogP contribution in [0.3, 0.4) is 0 Å². The van der Waals surface area contributed by atoms with Gasteiger partial charge in [0, 0.05) is 6.04 Å². The summed E-state index contributed by atoms with van der Waals surface area (Å²) in [4.78, 5) is 0.482. The smallest absolute Gasteiger partial charge is 0.208 e. The molecule has 0 aromatic rings. The van der Waals surface area contributed by atoms with Gasteiger partial charge in [0.25, 0.3) is 0 Å². The zero-order chi connectivity index (χ0) is 10.2. The molecule has 0 amide bonds. The Labute approximate surface area is 84.9 Å². The molecule has 0 aromatic carbocycles. The van der Waals surface area contributed by atoms with E-state index in [1.165, 1.54) is 0 Å². The Morgan fingerprint density at radius 2 is 2.14 bits per heavy atom. The van der Waals surface area contributed by atoms with E-state index in [1.807, 2.05) is 13.0 Å². The van der Waals surface area contributed by atoms with Gasteiger partial charge in [-0.3, -0.25) is 0 Å². The summed E-state index contributed by atoms with van der Waals surface area (Å²) >= 11 is 0. The molecule has 3 nitrogen and oxygen atoms in total. The summed E-state index contributed by atoms with van der Waals surface area (Å²) < 4.78 is 26.3. The zero-order valence-corrected chi connectivity index (χ0v) is 9.10. The fourth-order valence-electron chi connectivity index (χ4n) is 1.56. The van der Waals surface area contributed by atoms with Crippen molar-refractivity contribution in [3.63, 3.8) is 0 Å². The second-order valence-corrected chi connectivity index (χ2v) is 5.66. The summed E-state index contributed by atoms with van der Waals surface area (Å²) in [7, 11) is -3.23. The van der Waals surface area contributed by atoms with E-state index in [2.05, 4.69) is 4.72 Å². The van der Waals surface area contributed by atoms with Crippen LogP contribution in [0.1, 0.15) is 32.6 Å². The summed E-state index contributed by atoms with van der Waals surface area (Å²) in [5.74, 6) is 0. The molecular formula is C10H15NO2S. The molecule has 2 aliphatic carbocycles. The number of allylic oxidation sites excluding steroid dienone is 3. The van der Waals surface area contributed by atoms with Crippen molar-refractivity contribution in [2.24, 2.45) is 0 Å². The second-order valence-electron chi connectivity index (χ2n) is 3.98. The van der Waals surface area contributed by atoms with Crippen LogP contribution in [-0.2, 0) is 10.0 Å². The molecule has 14 heavy (non-hydrogen) atoms. The van der Waals surface area contributed by atoms with Gasteiger partial charge in [-0.1, -0.05) is 11.6 Å². The fourth-order valence-corrected chi connectivity index (χ4v) is 3.20. The van der Waals surface area contributed by atoms with Crippen LogP contribution in [0.15, 0.2) is 22.6 Å². The van der Waals surface area contributed by atoms with Gasteiger partial charge in [0.1, 0.15) is 0 Å². The highest BCUT2D eigenvalue weighted by atomic mass is 32.2. The van der Waals surface area contributed by atoms with Crippen LogP contribution in [0.2, 0.25) is 0 Å². The Balaban J connectivity index is 2.23. The molecule has 0 atom stereocenters. The minimum atomic E-state index is -3.23. The lowest BCUT2D eigenvalue weighted by Crippen LogP contribution is -2.27. The SMILES string of the molecule is CC1=C(S(=O)(=O)NC2CC2)C=CCC1. The van der Waals surface area contributed by atoms with E-state index in [0.29, 0.717) is 4.91 Å². The van der Waals surface area contributed by atoms with E-state index in [-0.39, 0.29) is 6.04 Å². The molecule has 2 rings (SSSR count). The van der Waals surface area contributed by atoms with Crippen LogP contribution in [0, 0.1) is 0 Å². The highest BCUT2D eigenvalue weighted by Gasteiger charge is 2.29. The monoisotopic (exact) mass is 213 g/mol. The Morgan fingerprint density at radius 1 is 1.43 bits per heavy atom. The Hall–Kier alpha value is -0.610. The molecule has 1 N–H and O–H groups in total. The highest BCUT2D eigenvalue weighted by molar-refractivity contribution is 7.93. The van der Waals surface area contributed by atoms with E-state index in [0.717, 1.165) is 31.3 Å². The van der Waals surface area contributed by atoms with Crippen molar-refractivity contribution in [1.29, 1.82) is 0 Å². The molecule has 0 unspecified atom stereocenters. The minimum Gasteiger partial charge on any atom is -0.208 e. The number of hydrogen-bond donors (Lipinski definition) is 1. The number of hydrogen-bond acceptors (Lipinski definition) is 2. The maximum absolute atomic E-state index is 11.8. The minimum absolute atomic E-state index is 0.190. The molecule has 4 heteroatoms. The van der Waals surface area contributed by atoms with E-state index >= 15 is 0 Å². The molecule has 0 heterocycles. The Kier molecular flexibility index (Phi) is 2.49. The molecule has 78 valence electrons. The van der Waals surface area contributed by atoms with Gasteiger partial charge in [0.05, 0.1) is 4.91 Å². The molecule has 0 radical (unpaired) electrons. The number of rotatable bonds is 3. The predicted octanol–water partition coefficient (Wildman–Crippen LogP) is 1.69. The maximum Gasteiger partial charge on any atom is 0.240 e. The average molecular weight is 213 g/mol. The van der Waals surface area contributed by atoms with Gasteiger partial charge in [0.2, 0.25) is 10.0 Å². The van der Waals surface area contributed by atoms with Gasteiger partial charge < -0.3 is 0 Å². The highest BCUT2D eigenvalue weighted by Crippen LogP contribution is 2.26. The molecule has 0 spiro atoms. The molecule has 0 aromatic heterocycles. The van der Waals surface area contributed by atoms with Crippen molar-refractivity contribution >= 4 is 10.0 Å². The van der Waals surface area contributed by atoms with Crippen LogP contribution < -0.4 is 4.72 Å². The Morgan fingerprint density at radius 3 is 2.71 bits per heavy atom. The third kappa shape index (κ3) is 2.07. The van der Waals surface area contributed by atoms with Crippen molar-refractivity contribution in [2.45, 2.75) is 38.6 Å². The lowest BCUT2D eigenvalue weighted by Gasteiger charge is -2.13. The van der Waals surface area contributed by atoms with E-state index < -0.39 is 10.0 Å². The first-order valence-electron chi connectivity index (χ1n) is 4.98. The molecule has 1 saturated carbocycles. The largest absolute Gasteiger partial charge is 0.240 e. The van der Waals surface area contributed by atoms with Gasteiger partial charge in [0.15, 0.2) is 0 Å². The van der Waals surface area contributed by atoms with Crippen LogP contribution in [0.25, 0.3) is 0 Å². The van der Waals surface area contributed by atoms with Crippen molar-refractivity contribution < 1.29 is 8.42 Å². The first-order valence-corrected chi connectivity index (χ1v) is 6.46. The topological polar surface area (TPSA) is 46.2 Å². The van der Waals surface area contributed by atoms with Gasteiger partial charge in [-0.05, 0) is 38.7 Å². The lowest BCUT2D eigenvalue weighted by atomic mass is 10.1. The molecule has 0 aliphatic heterocycles. The molecule has 0 saturated heterocycles. The quantitative estimate of drug-likeness (QED) is 0.775. The van der Waals surface area contributed by atoms with Crippen molar-refractivity contribution in [1.82, 2.24) is 4.72 Å². The van der Waals surface area contributed by atoms with E-state index in [4.69, 9.17) is 0 Å². The molecule has 2 aliphatic rings. The molecule has 0 bridgehead atoms. The van der Waals surface area contributed by atoms with Gasteiger partial charge in [-0.25, -0.2) is 13.1 Å². The third-order valence-corrected chi connectivity index (χ3v) is 4.27. The summed E-state index contributed by atoms with van der Waals surface area (Å²) in [6.45, 7) is 1.89. The molecule has 1 fully saturated rings. The lowest BCUT2D eigenvalue weighted by molar-refractivity contribution is 0.587. The fraction of sp³-hybridized carbons (Fsp3) is 0.600. The number of sulfonamides is 1. The third-order valence-electron chi connectivity index (χ3n) is 2.56. The summed E-state index contributed by atoms with van der Waals surface area (Å²) in [6, 6.07) is 0.190. The first kappa shape index (κ1) is 9.93. The normalized spacial score (nSPS) is 22.9. The van der Waals surface area contributed by atoms with Gasteiger partial charge in [-0.2, -0.15) is 0 Å². The summed E-state index contributed by atoms with van der Waals surface area (Å²) in [6.07, 6.45) is 7.42. The maximum atomic E-state index is 11.8. The van der Waals surface area contributed by atoms with Crippen molar-refractivity contribution in [3.8, 4) is 0 Å². The van der Waals surface area contributed by atoms with Gasteiger partial charge in [-0.15, -0.1) is 0 Å². The molecular weight excluding hydrogens is 198 g/mol. The van der Waals surface area contributed by atoms with E-state index in [1.54, 1.807) is 6.08 Å². The van der Waals surface area contributed by atoms with Crippen LogP contribution in [0.5, 0.6) is 0 Å². The second kappa shape index (κ2) is 3.51. The van der Waals surface area contributed by atoms with Crippen LogP contribution in [0.4, 0.5) is 0 Å². The van der Waals surface area contributed by atoms with E-state index in [9.17, 15) is 8.42 Å². The predicted molar refractivity (Wildman–Crippen MR) is 56.2 cm³/mol. The first-order chi connectivity index (χ1) is 6.59. The van der Waals surface area contributed by atoms with Crippen molar-refractivity contribution in [3.05, 3.63) is 22.6 Å². The summed E-state index contributed by atoms with van der Waals surface area (Å²) in [5, 5.41) is 0. The Bertz CT molecular complexity index is 388. The number of nitrogens with one attached hydrogen (secondary N) is 1. The average Bonchev–Trinajstić information content (AvgIpc) is 2.88. The standard InChI is InChI=1S/C10H15NO2S/c1-8-4-2-3-5-10(8)14(12,13)11-9-6-7-9/h3,5,9,11H,2,4,6-7H2,1H3. The van der Waals surface area contributed by atoms with Crippen LogP contribution in [-0.4, -0.2) is 14.5 Å². The summed E-state index contributed by atoms with van der Waals surface area (Å²) in [5.41, 5.74) is 0.973. The van der Waals surface area contributed by atoms with Crippen LogP contribution >= 0.6 is 0 Å². The van der Waals surface area contributed by atoms with Crippen molar-refractivity contribution in [2.75, 3.05) is 0 Å².